The molecule has 0 bridgehead atoms. The SMILES string of the molecule is CC(C#N)C1CCC(C)C1C(=O)O. The van der Waals surface area contributed by atoms with Crippen molar-refractivity contribution in [2.75, 3.05) is 0 Å². The van der Waals surface area contributed by atoms with Crippen molar-refractivity contribution in [3.63, 3.8) is 0 Å². The molecule has 0 amide bonds. The fourth-order valence-electron chi connectivity index (χ4n) is 2.32. The van der Waals surface area contributed by atoms with Gasteiger partial charge in [-0.25, -0.2) is 0 Å². The van der Waals surface area contributed by atoms with Crippen LogP contribution in [0.3, 0.4) is 0 Å². The molecule has 0 saturated heterocycles. The third-order valence-electron chi connectivity index (χ3n) is 3.16. The van der Waals surface area contributed by atoms with Gasteiger partial charge in [-0.2, -0.15) is 5.26 Å². The molecule has 72 valence electrons. The summed E-state index contributed by atoms with van der Waals surface area (Å²) in [5.74, 6) is -0.909. The van der Waals surface area contributed by atoms with Gasteiger partial charge in [0.15, 0.2) is 0 Å². The van der Waals surface area contributed by atoms with Crippen LogP contribution in [-0.2, 0) is 4.79 Å². The van der Waals surface area contributed by atoms with Crippen LogP contribution < -0.4 is 0 Å². The second-order valence-corrected chi connectivity index (χ2v) is 4.00. The van der Waals surface area contributed by atoms with Crippen LogP contribution in [-0.4, -0.2) is 11.1 Å². The number of hydrogen-bond donors (Lipinski definition) is 1. The number of rotatable bonds is 2. The molecule has 0 aromatic carbocycles. The Hall–Kier alpha value is -1.04. The predicted molar refractivity (Wildman–Crippen MR) is 47.8 cm³/mol. The monoisotopic (exact) mass is 181 g/mol. The quantitative estimate of drug-likeness (QED) is 0.707. The van der Waals surface area contributed by atoms with Crippen molar-refractivity contribution in [1.29, 1.82) is 5.26 Å². The first kappa shape index (κ1) is 10.0. The average Bonchev–Trinajstić information content (AvgIpc) is 2.45. The van der Waals surface area contributed by atoms with Gasteiger partial charge in [-0.15, -0.1) is 0 Å². The van der Waals surface area contributed by atoms with E-state index in [9.17, 15) is 4.79 Å². The van der Waals surface area contributed by atoms with Crippen molar-refractivity contribution < 1.29 is 9.90 Å². The Labute approximate surface area is 78.4 Å². The minimum atomic E-state index is -0.739. The molecule has 1 saturated carbocycles. The van der Waals surface area contributed by atoms with Crippen LogP contribution in [0.25, 0.3) is 0 Å². The van der Waals surface area contributed by atoms with E-state index < -0.39 is 5.97 Å². The van der Waals surface area contributed by atoms with Crippen LogP contribution in [0.2, 0.25) is 0 Å². The number of nitriles is 1. The van der Waals surface area contributed by atoms with E-state index in [1.165, 1.54) is 0 Å². The summed E-state index contributed by atoms with van der Waals surface area (Å²) in [6.45, 7) is 3.78. The van der Waals surface area contributed by atoms with Crippen LogP contribution in [0.4, 0.5) is 0 Å². The van der Waals surface area contributed by atoms with Gasteiger partial charge in [0.25, 0.3) is 0 Å². The normalized spacial score (nSPS) is 35.3. The van der Waals surface area contributed by atoms with Crippen LogP contribution in [0.15, 0.2) is 0 Å². The molecule has 0 radical (unpaired) electrons. The zero-order valence-electron chi connectivity index (χ0n) is 8.03. The zero-order chi connectivity index (χ0) is 10.0. The maximum absolute atomic E-state index is 10.9. The summed E-state index contributed by atoms with van der Waals surface area (Å²) in [5.41, 5.74) is 0. The average molecular weight is 181 g/mol. The van der Waals surface area contributed by atoms with Crippen LogP contribution in [0, 0.1) is 35.0 Å². The van der Waals surface area contributed by atoms with E-state index in [4.69, 9.17) is 10.4 Å². The first-order valence-corrected chi connectivity index (χ1v) is 4.70. The number of aliphatic carboxylic acids is 1. The van der Waals surface area contributed by atoms with Gasteiger partial charge >= 0.3 is 5.97 Å². The topological polar surface area (TPSA) is 61.1 Å². The minimum absolute atomic E-state index is 0.0532. The van der Waals surface area contributed by atoms with Crippen molar-refractivity contribution in [2.45, 2.75) is 26.7 Å². The number of carboxylic acid groups (broad SMARTS) is 1. The van der Waals surface area contributed by atoms with Crippen LogP contribution in [0.5, 0.6) is 0 Å². The summed E-state index contributed by atoms with van der Waals surface area (Å²) in [5, 5.41) is 17.7. The largest absolute Gasteiger partial charge is 0.481 e. The van der Waals surface area contributed by atoms with Gasteiger partial charge in [0.1, 0.15) is 0 Å². The molecule has 13 heavy (non-hydrogen) atoms. The molecule has 3 nitrogen and oxygen atoms in total. The molecule has 1 fully saturated rings. The molecular formula is C10H15NO2. The molecule has 0 aromatic rings. The molecule has 0 heterocycles. The second-order valence-electron chi connectivity index (χ2n) is 4.00. The highest BCUT2D eigenvalue weighted by Crippen LogP contribution is 2.40. The van der Waals surface area contributed by atoms with Gasteiger partial charge in [0.05, 0.1) is 12.0 Å². The summed E-state index contributed by atoms with van der Waals surface area (Å²) < 4.78 is 0. The smallest absolute Gasteiger partial charge is 0.307 e. The first-order valence-electron chi connectivity index (χ1n) is 4.70. The van der Waals surface area contributed by atoms with E-state index in [0.29, 0.717) is 0 Å². The van der Waals surface area contributed by atoms with E-state index in [-0.39, 0.29) is 23.7 Å². The predicted octanol–water partition coefficient (Wildman–Crippen LogP) is 1.89. The van der Waals surface area contributed by atoms with Crippen molar-refractivity contribution in [2.24, 2.45) is 23.7 Å². The Kier molecular flexibility index (Phi) is 2.92. The lowest BCUT2D eigenvalue weighted by atomic mass is 9.83. The lowest BCUT2D eigenvalue weighted by Crippen LogP contribution is -2.26. The third kappa shape index (κ3) is 1.82. The Morgan fingerprint density at radius 1 is 1.62 bits per heavy atom. The van der Waals surface area contributed by atoms with Crippen molar-refractivity contribution in [3.05, 3.63) is 0 Å². The van der Waals surface area contributed by atoms with Gasteiger partial charge in [-0.1, -0.05) is 6.92 Å². The fourth-order valence-corrected chi connectivity index (χ4v) is 2.32. The van der Waals surface area contributed by atoms with Crippen molar-refractivity contribution in [1.82, 2.24) is 0 Å². The van der Waals surface area contributed by atoms with Crippen molar-refractivity contribution >= 4 is 5.97 Å². The zero-order valence-corrected chi connectivity index (χ0v) is 8.03. The van der Waals surface area contributed by atoms with Gasteiger partial charge < -0.3 is 5.11 Å². The number of carboxylic acids is 1. The van der Waals surface area contributed by atoms with E-state index in [2.05, 4.69) is 6.07 Å². The molecule has 4 atom stereocenters. The number of nitrogens with zero attached hydrogens (tertiary/aromatic N) is 1. The van der Waals surface area contributed by atoms with E-state index >= 15 is 0 Å². The second kappa shape index (κ2) is 3.78. The summed E-state index contributed by atoms with van der Waals surface area (Å²) >= 11 is 0. The molecular weight excluding hydrogens is 166 g/mol. The highest BCUT2D eigenvalue weighted by Gasteiger charge is 2.41. The van der Waals surface area contributed by atoms with Gasteiger partial charge in [0, 0.05) is 5.92 Å². The fraction of sp³-hybridized carbons (Fsp3) is 0.800. The number of hydrogen-bond acceptors (Lipinski definition) is 2. The molecule has 4 unspecified atom stereocenters. The molecule has 0 aromatic heterocycles. The number of carbonyl (C=O) groups is 1. The van der Waals surface area contributed by atoms with Gasteiger partial charge in [0.2, 0.25) is 0 Å². The molecule has 1 aliphatic carbocycles. The summed E-state index contributed by atoms with van der Waals surface area (Å²) in [4.78, 5) is 10.9. The van der Waals surface area contributed by atoms with Crippen molar-refractivity contribution in [3.8, 4) is 6.07 Å². The standard InChI is InChI=1S/C10H15NO2/c1-6-3-4-8(7(2)5-11)9(6)10(12)13/h6-9H,3-4H2,1-2H3,(H,12,13). The first-order chi connectivity index (χ1) is 6.07. The Morgan fingerprint density at radius 3 is 2.69 bits per heavy atom. The van der Waals surface area contributed by atoms with E-state index in [0.717, 1.165) is 12.8 Å². The van der Waals surface area contributed by atoms with Crippen LogP contribution >= 0.6 is 0 Å². The molecule has 0 spiro atoms. The Morgan fingerprint density at radius 2 is 2.23 bits per heavy atom. The molecule has 0 aliphatic heterocycles. The highest BCUT2D eigenvalue weighted by molar-refractivity contribution is 5.71. The summed E-state index contributed by atoms with van der Waals surface area (Å²) in [6.07, 6.45) is 1.82. The maximum Gasteiger partial charge on any atom is 0.307 e. The van der Waals surface area contributed by atoms with E-state index in [1.807, 2.05) is 13.8 Å². The lowest BCUT2D eigenvalue weighted by Gasteiger charge is -2.19. The molecule has 1 aliphatic rings. The summed E-state index contributed by atoms with van der Waals surface area (Å²) in [7, 11) is 0. The molecule has 1 N–H and O–H groups in total. The maximum atomic E-state index is 10.9. The Balaban J connectivity index is 2.76. The highest BCUT2D eigenvalue weighted by atomic mass is 16.4. The van der Waals surface area contributed by atoms with Gasteiger partial charge in [-0.05, 0) is 31.6 Å². The van der Waals surface area contributed by atoms with Crippen LogP contribution in [0.1, 0.15) is 26.7 Å². The Bertz CT molecular complexity index is 244. The van der Waals surface area contributed by atoms with E-state index in [1.54, 1.807) is 0 Å². The molecule has 3 heteroatoms. The molecule has 1 rings (SSSR count). The third-order valence-corrected chi connectivity index (χ3v) is 3.16. The summed E-state index contributed by atoms with van der Waals surface area (Å²) in [6, 6.07) is 2.15. The minimum Gasteiger partial charge on any atom is -0.481 e. The lowest BCUT2D eigenvalue weighted by molar-refractivity contribution is -0.144. The van der Waals surface area contributed by atoms with Gasteiger partial charge in [-0.3, -0.25) is 4.79 Å².